The first-order valence-electron chi connectivity index (χ1n) is 16.5. The van der Waals surface area contributed by atoms with Crippen LogP contribution in [0.25, 0.3) is 0 Å². The van der Waals surface area contributed by atoms with Gasteiger partial charge in [0.05, 0.1) is 0 Å². The summed E-state index contributed by atoms with van der Waals surface area (Å²) in [6.45, 7) is 9.47. The SMILES string of the molecule is CCCCCCCCCCCCCN1C=CN(CCCCCCCCCCC)C1CCCCCC. The molecule has 2 nitrogen and oxygen atoms in total. The van der Waals surface area contributed by atoms with Gasteiger partial charge in [0.2, 0.25) is 0 Å². The lowest BCUT2D eigenvalue weighted by atomic mass is 10.1. The normalized spacial score (nSPS) is 15.6. The van der Waals surface area contributed by atoms with Crippen LogP contribution in [0.3, 0.4) is 0 Å². The van der Waals surface area contributed by atoms with Crippen molar-refractivity contribution >= 4 is 0 Å². The Labute approximate surface area is 222 Å². The molecule has 0 aromatic heterocycles. The van der Waals surface area contributed by atoms with Crippen molar-refractivity contribution in [2.24, 2.45) is 0 Å². The minimum atomic E-state index is 0.643. The average Bonchev–Trinajstić information content (AvgIpc) is 3.25. The van der Waals surface area contributed by atoms with E-state index in [9.17, 15) is 0 Å². The molecular formula is C33H66N2. The molecule has 0 aromatic rings. The first-order chi connectivity index (χ1) is 17.3. The number of nitrogens with zero attached hydrogens (tertiary/aromatic N) is 2. The van der Waals surface area contributed by atoms with E-state index in [0.29, 0.717) is 6.17 Å². The van der Waals surface area contributed by atoms with Crippen molar-refractivity contribution in [3.63, 3.8) is 0 Å². The maximum Gasteiger partial charge on any atom is 0.101 e. The van der Waals surface area contributed by atoms with Crippen LogP contribution in [0.4, 0.5) is 0 Å². The van der Waals surface area contributed by atoms with Gasteiger partial charge in [-0.05, 0) is 25.7 Å². The molecule has 0 saturated carbocycles. The molecule has 0 aromatic carbocycles. The van der Waals surface area contributed by atoms with Gasteiger partial charge in [0, 0.05) is 25.5 Å². The lowest BCUT2D eigenvalue weighted by Crippen LogP contribution is -2.39. The van der Waals surface area contributed by atoms with Gasteiger partial charge in [0.1, 0.15) is 6.17 Å². The number of rotatable bonds is 27. The summed E-state index contributed by atoms with van der Waals surface area (Å²) in [6, 6.07) is 0. The van der Waals surface area contributed by atoms with Gasteiger partial charge in [0.25, 0.3) is 0 Å². The van der Waals surface area contributed by atoms with Crippen LogP contribution >= 0.6 is 0 Å². The molecule has 0 saturated heterocycles. The minimum absolute atomic E-state index is 0.643. The topological polar surface area (TPSA) is 6.48 Å². The fraction of sp³-hybridized carbons (Fsp3) is 0.939. The van der Waals surface area contributed by atoms with Crippen LogP contribution in [-0.2, 0) is 0 Å². The van der Waals surface area contributed by atoms with E-state index >= 15 is 0 Å². The summed E-state index contributed by atoms with van der Waals surface area (Å²) < 4.78 is 0. The molecule has 0 amide bonds. The molecular weight excluding hydrogens is 424 g/mol. The monoisotopic (exact) mass is 491 g/mol. The van der Waals surface area contributed by atoms with Crippen LogP contribution in [0.5, 0.6) is 0 Å². The Morgan fingerprint density at radius 3 is 1.00 bits per heavy atom. The third-order valence-electron chi connectivity index (χ3n) is 8.07. The predicted molar refractivity (Wildman–Crippen MR) is 159 cm³/mol. The van der Waals surface area contributed by atoms with E-state index in [2.05, 4.69) is 43.0 Å². The molecule has 1 unspecified atom stereocenters. The first-order valence-corrected chi connectivity index (χ1v) is 16.5. The average molecular weight is 491 g/mol. The smallest absolute Gasteiger partial charge is 0.101 e. The standard InChI is InChI=1S/C33H66N2/c1-4-7-10-13-15-17-18-20-22-24-27-30-35-32-31-34(33(35)28-25-12-9-6-3)29-26-23-21-19-16-14-11-8-5-2/h31-33H,4-30H2,1-3H3. The van der Waals surface area contributed by atoms with Crippen LogP contribution in [0.15, 0.2) is 12.4 Å². The van der Waals surface area contributed by atoms with Crippen molar-refractivity contribution in [2.75, 3.05) is 13.1 Å². The molecule has 35 heavy (non-hydrogen) atoms. The highest BCUT2D eigenvalue weighted by Gasteiger charge is 2.24. The highest BCUT2D eigenvalue weighted by Crippen LogP contribution is 2.23. The quantitative estimate of drug-likeness (QED) is 0.106. The van der Waals surface area contributed by atoms with Gasteiger partial charge in [-0.1, -0.05) is 156 Å². The Balaban J connectivity index is 2.17. The fourth-order valence-electron chi connectivity index (χ4n) is 5.66. The zero-order valence-electron chi connectivity index (χ0n) is 24.7. The molecule has 0 fully saturated rings. The van der Waals surface area contributed by atoms with Gasteiger partial charge in [-0.15, -0.1) is 0 Å². The van der Waals surface area contributed by atoms with Crippen LogP contribution in [-0.4, -0.2) is 29.1 Å². The van der Waals surface area contributed by atoms with E-state index in [4.69, 9.17) is 0 Å². The summed E-state index contributed by atoms with van der Waals surface area (Å²) in [5.41, 5.74) is 0. The summed E-state index contributed by atoms with van der Waals surface area (Å²) in [5.74, 6) is 0. The molecule has 1 rings (SSSR count). The first kappa shape index (κ1) is 32.4. The third-order valence-corrected chi connectivity index (χ3v) is 8.07. The van der Waals surface area contributed by atoms with Crippen LogP contribution in [0, 0.1) is 0 Å². The highest BCUT2D eigenvalue weighted by atomic mass is 15.4. The summed E-state index contributed by atoms with van der Waals surface area (Å²) >= 11 is 0. The molecule has 0 aliphatic carbocycles. The lowest BCUT2D eigenvalue weighted by Gasteiger charge is -2.33. The maximum absolute atomic E-state index is 2.69. The van der Waals surface area contributed by atoms with Gasteiger partial charge < -0.3 is 9.80 Å². The molecule has 1 aliphatic rings. The molecule has 1 atom stereocenters. The van der Waals surface area contributed by atoms with Crippen molar-refractivity contribution < 1.29 is 0 Å². The van der Waals surface area contributed by atoms with E-state index in [1.807, 2.05) is 0 Å². The summed E-state index contributed by atoms with van der Waals surface area (Å²) in [7, 11) is 0. The Kier molecular flexibility index (Phi) is 23.1. The molecule has 0 spiro atoms. The Hall–Kier alpha value is -0.660. The number of hydrogen-bond donors (Lipinski definition) is 0. The molecule has 0 radical (unpaired) electrons. The minimum Gasteiger partial charge on any atom is -0.356 e. The molecule has 1 heterocycles. The lowest BCUT2D eigenvalue weighted by molar-refractivity contribution is 0.135. The molecule has 2 heteroatoms. The van der Waals surface area contributed by atoms with Gasteiger partial charge in [-0.25, -0.2) is 0 Å². The number of unbranched alkanes of at least 4 members (excludes halogenated alkanes) is 21. The molecule has 1 aliphatic heterocycles. The molecule has 208 valence electrons. The van der Waals surface area contributed by atoms with E-state index in [-0.39, 0.29) is 0 Å². The van der Waals surface area contributed by atoms with Crippen molar-refractivity contribution in [1.82, 2.24) is 9.80 Å². The second-order valence-electron chi connectivity index (χ2n) is 11.5. The Bertz CT molecular complexity index is 446. The second-order valence-corrected chi connectivity index (χ2v) is 11.5. The van der Waals surface area contributed by atoms with Crippen molar-refractivity contribution in [3.05, 3.63) is 12.4 Å². The van der Waals surface area contributed by atoms with Gasteiger partial charge in [-0.2, -0.15) is 0 Å². The van der Waals surface area contributed by atoms with Crippen molar-refractivity contribution in [3.8, 4) is 0 Å². The Morgan fingerprint density at radius 2 is 0.657 bits per heavy atom. The van der Waals surface area contributed by atoms with Crippen LogP contribution in [0.2, 0.25) is 0 Å². The molecule has 0 bridgehead atoms. The predicted octanol–water partition coefficient (Wildman–Crippen LogP) is 11.2. The van der Waals surface area contributed by atoms with Gasteiger partial charge in [0.15, 0.2) is 0 Å². The third kappa shape index (κ3) is 18.3. The highest BCUT2D eigenvalue weighted by molar-refractivity contribution is 4.97. The maximum atomic E-state index is 2.69. The van der Waals surface area contributed by atoms with Crippen LogP contribution in [0.1, 0.15) is 181 Å². The second kappa shape index (κ2) is 25.0. The van der Waals surface area contributed by atoms with Crippen molar-refractivity contribution in [2.45, 2.75) is 187 Å². The summed E-state index contributed by atoms with van der Waals surface area (Å²) in [5, 5.41) is 0. The molecule has 0 N–H and O–H groups in total. The van der Waals surface area contributed by atoms with Crippen molar-refractivity contribution in [1.29, 1.82) is 0 Å². The van der Waals surface area contributed by atoms with E-state index in [1.165, 1.54) is 174 Å². The van der Waals surface area contributed by atoms with E-state index < -0.39 is 0 Å². The zero-order chi connectivity index (χ0) is 25.2. The largest absolute Gasteiger partial charge is 0.356 e. The summed E-state index contributed by atoms with van der Waals surface area (Å²) in [6.07, 6.45) is 41.0. The van der Waals surface area contributed by atoms with Crippen LogP contribution < -0.4 is 0 Å². The zero-order valence-corrected chi connectivity index (χ0v) is 24.7. The van der Waals surface area contributed by atoms with Gasteiger partial charge >= 0.3 is 0 Å². The fourth-order valence-corrected chi connectivity index (χ4v) is 5.66. The number of hydrogen-bond acceptors (Lipinski definition) is 2. The Morgan fingerprint density at radius 1 is 0.371 bits per heavy atom. The summed E-state index contributed by atoms with van der Waals surface area (Å²) in [4.78, 5) is 5.37. The van der Waals surface area contributed by atoms with E-state index in [0.717, 1.165) is 0 Å². The van der Waals surface area contributed by atoms with E-state index in [1.54, 1.807) is 0 Å². The van der Waals surface area contributed by atoms with Gasteiger partial charge in [-0.3, -0.25) is 0 Å².